The summed E-state index contributed by atoms with van der Waals surface area (Å²) in [6, 6.07) is 3.02. The van der Waals surface area contributed by atoms with Crippen molar-refractivity contribution in [3.05, 3.63) is 38.6 Å². The topological polar surface area (TPSA) is 68.0 Å². The fourth-order valence-corrected chi connectivity index (χ4v) is 2.42. The third kappa shape index (κ3) is 2.75. The molecule has 2 aromatic rings. The molecule has 106 valence electrons. The summed E-state index contributed by atoms with van der Waals surface area (Å²) in [5.74, 6) is -1.13. The second-order valence-electron chi connectivity index (χ2n) is 4.07. The number of carboxylic acid groups (broad SMARTS) is 1. The normalized spacial score (nSPS) is 10.8. The van der Waals surface area contributed by atoms with E-state index in [1.165, 1.54) is 16.8 Å². The number of aromatic nitrogens is 3. The lowest BCUT2D eigenvalue weighted by molar-refractivity contribution is 0.0689. The van der Waals surface area contributed by atoms with Gasteiger partial charge in [0.2, 0.25) is 0 Å². The Morgan fingerprint density at radius 1 is 1.25 bits per heavy atom. The summed E-state index contributed by atoms with van der Waals surface area (Å²) >= 11 is 18.0. The molecule has 0 aliphatic rings. The minimum absolute atomic E-state index is 0.0889. The van der Waals surface area contributed by atoms with Crippen LogP contribution in [0.5, 0.6) is 0 Å². The minimum atomic E-state index is -1.13. The third-order valence-electron chi connectivity index (χ3n) is 2.67. The Labute approximate surface area is 130 Å². The van der Waals surface area contributed by atoms with Gasteiger partial charge < -0.3 is 5.11 Å². The molecule has 1 heterocycles. The number of rotatable bonds is 4. The smallest absolute Gasteiger partial charge is 0.358 e. The van der Waals surface area contributed by atoms with Crippen LogP contribution in [0.2, 0.25) is 15.1 Å². The molecular weight excluding hydrogens is 325 g/mol. The van der Waals surface area contributed by atoms with Crippen molar-refractivity contribution in [2.75, 3.05) is 0 Å². The van der Waals surface area contributed by atoms with Crippen LogP contribution in [0, 0.1) is 0 Å². The first-order valence-electron chi connectivity index (χ1n) is 5.78. The van der Waals surface area contributed by atoms with Crippen LogP contribution in [-0.2, 0) is 6.42 Å². The largest absolute Gasteiger partial charge is 0.476 e. The van der Waals surface area contributed by atoms with Crippen LogP contribution < -0.4 is 0 Å². The van der Waals surface area contributed by atoms with Gasteiger partial charge in [-0.15, -0.1) is 5.10 Å². The second kappa shape index (κ2) is 5.99. The van der Waals surface area contributed by atoms with Crippen molar-refractivity contribution < 1.29 is 9.90 Å². The van der Waals surface area contributed by atoms with E-state index in [-0.39, 0.29) is 5.69 Å². The molecule has 1 aromatic carbocycles. The first-order chi connectivity index (χ1) is 9.45. The van der Waals surface area contributed by atoms with E-state index in [2.05, 4.69) is 10.3 Å². The van der Waals surface area contributed by atoms with Gasteiger partial charge in [-0.25, -0.2) is 9.48 Å². The number of hydrogen-bond acceptors (Lipinski definition) is 3. The van der Waals surface area contributed by atoms with Crippen molar-refractivity contribution >= 4 is 40.8 Å². The van der Waals surface area contributed by atoms with Crippen molar-refractivity contribution in [1.82, 2.24) is 15.0 Å². The summed E-state index contributed by atoms with van der Waals surface area (Å²) in [5, 5.41) is 17.6. The van der Waals surface area contributed by atoms with Crippen LogP contribution in [0.25, 0.3) is 5.69 Å². The Balaban J connectivity index is 2.63. The molecule has 0 spiro atoms. The highest BCUT2D eigenvalue weighted by Gasteiger charge is 2.21. The number of aromatic carboxylic acids is 1. The van der Waals surface area contributed by atoms with Crippen molar-refractivity contribution in [3.63, 3.8) is 0 Å². The highest BCUT2D eigenvalue weighted by Crippen LogP contribution is 2.31. The molecule has 0 radical (unpaired) electrons. The molecule has 0 unspecified atom stereocenters. The first kappa shape index (κ1) is 15.1. The average Bonchev–Trinajstić information content (AvgIpc) is 2.78. The highest BCUT2D eigenvalue weighted by atomic mass is 35.5. The summed E-state index contributed by atoms with van der Waals surface area (Å²) in [6.07, 6.45) is 1.25. The quantitative estimate of drug-likeness (QED) is 0.862. The van der Waals surface area contributed by atoms with E-state index in [1.54, 1.807) is 0 Å². The standard InChI is InChI=1S/C12H10Cl3N3O2/c1-2-3-9-11(12(19)20)16-17-18(9)10-5-7(14)6(13)4-8(10)15/h4-5H,2-3H2,1H3,(H,19,20). The lowest BCUT2D eigenvalue weighted by atomic mass is 10.2. The number of carbonyl (C=O) groups is 1. The monoisotopic (exact) mass is 333 g/mol. The van der Waals surface area contributed by atoms with Gasteiger partial charge in [0.05, 0.1) is 26.4 Å². The molecule has 20 heavy (non-hydrogen) atoms. The molecule has 0 saturated heterocycles. The Morgan fingerprint density at radius 2 is 1.90 bits per heavy atom. The summed E-state index contributed by atoms with van der Waals surface area (Å²) in [4.78, 5) is 11.2. The Bertz CT molecular complexity index is 670. The lowest BCUT2D eigenvalue weighted by Crippen LogP contribution is -2.07. The molecule has 8 heteroatoms. The molecule has 0 bridgehead atoms. The summed E-state index contributed by atoms with van der Waals surface area (Å²) in [7, 11) is 0. The van der Waals surface area contributed by atoms with Gasteiger partial charge in [0.15, 0.2) is 5.69 Å². The predicted octanol–water partition coefficient (Wildman–Crippen LogP) is 3.88. The molecule has 0 amide bonds. The molecule has 1 N–H and O–H groups in total. The zero-order valence-corrected chi connectivity index (χ0v) is 12.7. The van der Waals surface area contributed by atoms with E-state index < -0.39 is 5.97 Å². The molecule has 0 aliphatic heterocycles. The maximum atomic E-state index is 11.2. The van der Waals surface area contributed by atoms with Gasteiger partial charge in [0.1, 0.15) is 0 Å². The van der Waals surface area contributed by atoms with Crippen LogP contribution in [0.15, 0.2) is 12.1 Å². The van der Waals surface area contributed by atoms with Gasteiger partial charge in [-0.3, -0.25) is 0 Å². The van der Waals surface area contributed by atoms with Crippen LogP contribution in [0.1, 0.15) is 29.5 Å². The molecule has 1 aromatic heterocycles. The zero-order chi connectivity index (χ0) is 14.9. The second-order valence-corrected chi connectivity index (χ2v) is 5.29. The average molecular weight is 335 g/mol. The first-order valence-corrected chi connectivity index (χ1v) is 6.91. The van der Waals surface area contributed by atoms with Crippen molar-refractivity contribution in [3.8, 4) is 5.69 Å². The molecule has 0 fully saturated rings. The number of benzene rings is 1. The highest BCUT2D eigenvalue weighted by molar-refractivity contribution is 6.43. The third-order valence-corrected chi connectivity index (χ3v) is 3.70. The van der Waals surface area contributed by atoms with E-state index in [0.717, 1.165) is 6.42 Å². The van der Waals surface area contributed by atoms with Crippen LogP contribution >= 0.6 is 34.8 Å². The number of halogens is 3. The SMILES string of the molecule is CCCc1c(C(=O)O)nnn1-c1cc(Cl)c(Cl)cc1Cl. The van der Waals surface area contributed by atoms with Gasteiger partial charge in [-0.2, -0.15) is 0 Å². The van der Waals surface area contributed by atoms with Gasteiger partial charge in [-0.05, 0) is 18.6 Å². The summed E-state index contributed by atoms with van der Waals surface area (Å²) in [6.45, 7) is 1.93. The van der Waals surface area contributed by atoms with E-state index in [1.807, 2.05) is 6.92 Å². The van der Waals surface area contributed by atoms with E-state index in [9.17, 15) is 4.79 Å². The molecule has 5 nitrogen and oxygen atoms in total. The molecule has 0 saturated carbocycles. The fraction of sp³-hybridized carbons (Fsp3) is 0.250. The van der Waals surface area contributed by atoms with Crippen molar-refractivity contribution in [1.29, 1.82) is 0 Å². The van der Waals surface area contributed by atoms with Crippen molar-refractivity contribution in [2.45, 2.75) is 19.8 Å². The minimum Gasteiger partial charge on any atom is -0.476 e. The number of carboxylic acids is 1. The van der Waals surface area contributed by atoms with Gasteiger partial charge in [0, 0.05) is 0 Å². The molecule has 0 aliphatic carbocycles. The Kier molecular flexibility index (Phi) is 4.52. The fourth-order valence-electron chi connectivity index (χ4n) is 1.80. The molecule has 0 atom stereocenters. The van der Waals surface area contributed by atoms with Crippen LogP contribution in [0.3, 0.4) is 0 Å². The van der Waals surface area contributed by atoms with Gasteiger partial charge >= 0.3 is 5.97 Å². The zero-order valence-electron chi connectivity index (χ0n) is 10.4. The van der Waals surface area contributed by atoms with Crippen LogP contribution in [-0.4, -0.2) is 26.1 Å². The summed E-state index contributed by atoms with van der Waals surface area (Å²) < 4.78 is 1.39. The van der Waals surface area contributed by atoms with Crippen molar-refractivity contribution in [2.24, 2.45) is 0 Å². The maximum absolute atomic E-state index is 11.2. The van der Waals surface area contributed by atoms with E-state index >= 15 is 0 Å². The summed E-state index contributed by atoms with van der Waals surface area (Å²) in [5.41, 5.74) is 0.832. The Morgan fingerprint density at radius 3 is 2.50 bits per heavy atom. The lowest BCUT2D eigenvalue weighted by Gasteiger charge is -2.09. The predicted molar refractivity (Wildman–Crippen MR) is 77.3 cm³/mol. The number of hydrogen-bond donors (Lipinski definition) is 1. The van der Waals surface area contributed by atoms with Gasteiger partial charge in [-0.1, -0.05) is 53.4 Å². The molecular formula is C12H10Cl3N3O2. The van der Waals surface area contributed by atoms with E-state index in [4.69, 9.17) is 39.9 Å². The van der Waals surface area contributed by atoms with Gasteiger partial charge in [0.25, 0.3) is 0 Å². The Hall–Kier alpha value is -1.30. The van der Waals surface area contributed by atoms with E-state index in [0.29, 0.717) is 32.9 Å². The number of nitrogens with zero attached hydrogens (tertiary/aromatic N) is 3. The molecule has 2 rings (SSSR count). The van der Waals surface area contributed by atoms with Crippen LogP contribution in [0.4, 0.5) is 0 Å². The maximum Gasteiger partial charge on any atom is 0.358 e.